The van der Waals surface area contributed by atoms with Gasteiger partial charge in [-0.3, -0.25) is 0 Å². The van der Waals surface area contributed by atoms with Crippen LogP contribution < -0.4 is 10.2 Å². The molecule has 3 rings (SSSR count). The molecule has 0 aromatic heterocycles. The van der Waals surface area contributed by atoms with Gasteiger partial charge in [-0.1, -0.05) is 13.0 Å². The number of piperidine rings is 1. The van der Waals surface area contributed by atoms with Gasteiger partial charge in [-0.2, -0.15) is 0 Å². The topological polar surface area (TPSA) is 44.8 Å². The van der Waals surface area contributed by atoms with Crippen molar-refractivity contribution in [2.24, 2.45) is 0 Å². The Morgan fingerprint density at radius 3 is 3.04 bits per heavy atom. The van der Waals surface area contributed by atoms with Gasteiger partial charge in [0.1, 0.15) is 5.82 Å². The average molecular weight is 349 g/mol. The molecule has 2 atom stereocenters. The highest BCUT2D eigenvalue weighted by Crippen LogP contribution is 2.24. The Morgan fingerprint density at radius 2 is 2.24 bits per heavy atom. The van der Waals surface area contributed by atoms with E-state index < -0.39 is 0 Å². The van der Waals surface area contributed by atoms with Gasteiger partial charge in [0, 0.05) is 25.7 Å². The lowest BCUT2D eigenvalue weighted by Gasteiger charge is -2.39. The Bertz CT molecular complexity index is 610. The quantitative estimate of drug-likeness (QED) is 0.913. The van der Waals surface area contributed by atoms with Gasteiger partial charge in [-0.25, -0.2) is 9.18 Å². The van der Waals surface area contributed by atoms with E-state index in [1.54, 1.807) is 6.07 Å². The fraction of sp³-hybridized carbons (Fsp3) is 0.632. The maximum absolute atomic E-state index is 14.2. The van der Waals surface area contributed by atoms with Crippen molar-refractivity contribution < 1.29 is 13.9 Å². The molecule has 2 amide bonds. The van der Waals surface area contributed by atoms with Crippen LogP contribution in [0.25, 0.3) is 0 Å². The van der Waals surface area contributed by atoms with Gasteiger partial charge in [0.15, 0.2) is 0 Å². The summed E-state index contributed by atoms with van der Waals surface area (Å²) in [5, 5.41) is 3.15. The van der Waals surface area contributed by atoms with E-state index in [4.69, 9.17) is 4.74 Å². The molecule has 2 saturated heterocycles. The van der Waals surface area contributed by atoms with Crippen LogP contribution in [-0.2, 0) is 4.74 Å². The van der Waals surface area contributed by atoms with Crippen LogP contribution >= 0.6 is 0 Å². The first-order valence-electron chi connectivity index (χ1n) is 9.24. The number of benzene rings is 1. The maximum Gasteiger partial charge on any atom is 0.318 e. The van der Waals surface area contributed by atoms with Crippen LogP contribution in [0.15, 0.2) is 18.2 Å². The molecular weight excluding hydrogens is 321 g/mol. The second-order valence-electron chi connectivity index (χ2n) is 7.02. The molecule has 0 radical (unpaired) electrons. The zero-order chi connectivity index (χ0) is 17.8. The normalized spacial score (nSPS) is 24.3. The van der Waals surface area contributed by atoms with Crippen molar-refractivity contribution in [3.05, 3.63) is 29.6 Å². The van der Waals surface area contributed by atoms with Crippen molar-refractivity contribution >= 4 is 11.7 Å². The molecule has 0 saturated carbocycles. The lowest BCUT2D eigenvalue weighted by Crippen LogP contribution is -2.56. The molecule has 6 heteroatoms. The number of hydrogen-bond donors (Lipinski definition) is 1. The van der Waals surface area contributed by atoms with E-state index in [0.717, 1.165) is 31.4 Å². The first kappa shape index (κ1) is 18.0. The fourth-order valence-electron chi connectivity index (χ4n) is 3.70. The Hall–Kier alpha value is -1.82. The van der Waals surface area contributed by atoms with Crippen LogP contribution in [0.1, 0.15) is 31.7 Å². The SMILES string of the molecule is CCC1COCCN1C(=O)NC1CCCN(c2cc(C)ccc2F)C1. The van der Waals surface area contributed by atoms with Crippen LogP contribution in [-0.4, -0.2) is 55.9 Å². The second-order valence-corrected chi connectivity index (χ2v) is 7.02. The van der Waals surface area contributed by atoms with Crippen LogP contribution in [0, 0.1) is 12.7 Å². The van der Waals surface area contributed by atoms with E-state index in [1.807, 2.05) is 22.8 Å². The summed E-state index contributed by atoms with van der Waals surface area (Å²) in [7, 11) is 0. The summed E-state index contributed by atoms with van der Waals surface area (Å²) in [5.74, 6) is -0.197. The van der Waals surface area contributed by atoms with E-state index in [0.29, 0.717) is 32.0 Å². The number of nitrogens with zero attached hydrogens (tertiary/aromatic N) is 2. The number of halogens is 1. The molecule has 2 heterocycles. The third-order valence-electron chi connectivity index (χ3n) is 5.15. The Morgan fingerprint density at radius 1 is 1.40 bits per heavy atom. The standard InChI is InChI=1S/C19H28FN3O2/c1-3-16-13-25-10-9-23(16)19(24)21-15-5-4-8-22(12-15)18-11-14(2)6-7-17(18)20/h6-7,11,15-16H,3-5,8-10,12-13H2,1-2H3,(H,21,24). The zero-order valence-electron chi connectivity index (χ0n) is 15.1. The zero-order valence-corrected chi connectivity index (χ0v) is 15.1. The van der Waals surface area contributed by atoms with E-state index in [-0.39, 0.29) is 23.9 Å². The molecule has 0 bridgehead atoms. The van der Waals surface area contributed by atoms with Gasteiger partial charge in [0.2, 0.25) is 0 Å². The summed E-state index contributed by atoms with van der Waals surface area (Å²) in [6.07, 6.45) is 2.76. The first-order valence-corrected chi connectivity index (χ1v) is 9.24. The summed E-state index contributed by atoms with van der Waals surface area (Å²) >= 11 is 0. The van der Waals surface area contributed by atoms with Crippen molar-refractivity contribution in [2.45, 2.75) is 45.2 Å². The highest BCUT2D eigenvalue weighted by atomic mass is 19.1. The number of rotatable bonds is 3. The van der Waals surface area contributed by atoms with Crippen molar-refractivity contribution in [3.8, 4) is 0 Å². The van der Waals surface area contributed by atoms with Crippen molar-refractivity contribution in [3.63, 3.8) is 0 Å². The van der Waals surface area contributed by atoms with E-state index >= 15 is 0 Å². The molecule has 2 aliphatic heterocycles. The van der Waals surface area contributed by atoms with Gasteiger partial charge in [0.05, 0.1) is 24.9 Å². The summed E-state index contributed by atoms with van der Waals surface area (Å²) in [5.41, 5.74) is 1.68. The summed E-state index contributed by atoms with van der Waals surface area (Å²) in [4.78, 5) is 16.6. The molecule has 25 heavy (non-hydrogen) atoms. The third-order valence-corrected chi connectivity index (χ3v) is 5.15. The van der Waals surface area contributed by atoms with Crippen LogP contribution in [0.3, 0.4) is 0 Å². The molecule has 0 spiro atoms. The van der Waals surface area contributed by atoms with Gasteiger partial charge in [-0.05, 0) is 43.9 Å². The predicted molar refractivity (Wildman–Crippen MR) is 96.5 cm³/mol. The Kier molecular flexibility index (Phi) is 5.78. The molecule has 1 N–H and O–H groups in total. The fourth-order valence-corrected chi connectivity index (χ4v) is 3.70. The van der Waals surface area contributed by atoms with Gasteiger partial charge in [-0.15, -0.1) is 0 Å². The van der Waals surface area contributed by atoms with E-state index in [9.17, 15) is 9.18 Å². The summed E-state index contributed by atoms with van der Waals surface area (Å²) < 4.78 is 19.7. The number of amides is 2. The number of carbonyl (C=O) groups is 1. The average Bonchev–Trinajstić information content (AvgIpc) is 2.64. The lowest BCUT2D eigenvalue weighted by atomic mass is 10.0. The largest absolute Gasteiger partial charge is 0.377 e. The van der Waals surface area contributed by atoms with E-state index in [2.05, 4.69) is 12.2 Å². The van der Waals surface area contributed by atoms with Crippen LogP contribution in [0.4, 0.5) is 14.9 Å². The highest BCUT2D eigenvalue weighted by Gasteiger charge is 2.29. The molecule has 2 fully saturated rings. The van der Waals surface area contributed by atoms with Crippen LogP contribution in [0.5, 0.6) is 0 Å². The van der Waals surface area contributed by atoms with E-state index in [1.165, 1.54) is 6.07 Å². The maximum atomic E-state index is 14.2. The number of urea groups is 1. The molecule has 5 nitrogen and oxygen atoms in total. The second kappa shape index (κ2) is 8.04. The number of aryl methyl sites for hydroxylation is 1. The molecule has 2 aliphatic rings. The monoisotopic (exact) mass is 349 g/mol. The van der Waals surface area contributed by atoms with Gasteiger partial charge < -0.3 is 19.9 Å². The summed E-state index contributed by atoms with van der Waals surface area (Å²) in [6.45, 7) is 7.34. The lowest BCUT2D eigenvalue weighted by molar-refractivity contribution is 0.0106. The van der Waals surface area contributed by atoms with Crippen molar-refractivity contribution in [1.82, 2.24) is 10.2 Å². The van der Waals surface area contributed by atoms with Crippen LogP contribution in [0.2, 0.25) is 0 Å². The minimum atomic E-state index is -0.197. The van der Waals surface area contributed by atoms with Gasteiger partial charge in [0.25, 0.3) is 0 Å². The number of hydrogen-bond acceptors (Lipinski definition) is 3. The predicted octanol–water partition coefficient (Wildman–Crippen LogP) is 2.92. The molecule has 0 aliphatic carbocycles. The molecular formula is C19H28FN3O2. The molecule has 2 unspecified atom stereocenters. The molecule has 1 aromatic carbocycles. The number of anilines is 1. The minimum Gasteiger partial charge on any atom is -0.377 e. The smallest absolute Gasteiger partial charge is 0.318 e. The third kappa shape index (κ3) is 4.24. The molecule has 1 aromatic rings. The van der Waals surface area contributed by atoms with Crippen molar-refractivity contribution in [1.29, 1.82) is 0 Å². The number of ether oxygens (including phenoxy) is 1. The number of morpholine rings is 1. The summed E-state index contributed by atoms with van der Waals surface area (Å²) in [6, 6.07) is 5.35. The minimum absolute atomic E-state index is 0.0216. The highest BCUT2D eigenvalue weighted by molar-refractivity contribution is 5.75. The Balaban J connectivity index is 1.63. The number of nitrogens with one attached hydrogen (secondary N) is 1. The number of carbonyl (C=O) groups excluding carboxylic acids is 1. The molecule has 138 valence electrons. The Labute approximate surface area is 149 Å². The van der Waals surface area contributed by atoms with Crippen molar-refractivity contribution in [2.75, 3.05) is 37.7 Å². The van der Waals surface area contributed by atoms with Gasteiger partial charge >= 0.3 is 6.03 Å². The first-order chi connectivity index (χ1) is 12.1.